The van der Waals surface area contributed by atoms with Gasteiger partial charge in [0.2, 0.25) is 0 Å². The number of hydrogen-bond donors (Lipinski definition) is 1. The van der Waals surface area contributed by atoms with Crippen molar-refractivity contribution < 1.29 is 9.18 Å². The molecule has 7 nitrogen and oxygen atoms in total. The van der Waals surface area contributed by atoms with Gasteiger partial charge < -0.3 is 4.57 Å². The maximum absolute atomic E-state index is 14.4. The summed E-state index contributed by atoms with van der Waals surface area (Å²) in [4.78, 5) is 30.9. The lowest BCUT2D eigenvalue weighted by atomic mass is 10.2. The van der Waals surface area contributed by atoms with Crippen LogP contribution in [0.15, 0.2) is 76.8 Å². The van der Waals surface area contributed by atoms with Crippen LogP contribution in [0.3, 0.4) is 0 Å². The number of halogens is 1. The molecule has 5 rings (SSSR count). The maximum Gasteiger partial charge on any atom is 0.269 e. The Morgan fingerprint density at radius 2 is 1.79 bits per heavy atom. The van der Waals surface area contributed by atoms with Crippen LogP contribution in [0.1, 0.15) is 21.7 Å². The van der Waals surface area contributed by atoms with Gasteiger partial charge in [-0.15, -0.1) is 0 Å². The molecule has 0 amide bonds. The molecule has 0 bridgehead atoms. The number of para-hydroxylation sites is 2. The average Bonchev–Trinajstić information content (AvgIpc) is 3.43. The van der Waals surface area contributed by atoms with Crippen molar-refractivity contribution in [1.29, 1.82) is 0 Å². The van der Waals surface area contributed by atoms with Crippen LogP contribution in [0.2, 0.25) is 0 Å². The van der Waals surface area contributed by atoms with Crippen LogP contribution >= 0.6 is 11.8 Å². The number of aromatic nitrogens is 5. The van der Waals surface area contributed by atoms with Gasteiger partial charge in [-0.3, -0.25) is 19.3 Å². The number of nitrogens with one attached hydrogen (secondary N) is 1. The smallest absolute Gasteiger partial charge is 0.269 e. The molecule has 3 heterocycles. The van der Waals surface area contributed by atoms with Gasteiger partial charge in [-0.2, -0.15) is 5.10 Å². The van der Waals surface area contributed by atoms with Crippen molar-refractivity contribution in [3.8, 4) is 11.4 Å². The van der Waals surface area contributed by atoms with E-state index in [1.807, 2.05) is 37.3 Å². The second-order valence-corrected chi connectivity index (χ2v) is 8.73. The fourth-order valence-corrected chi connectivity index (χ4v) is 4.92. The van der Waals surface area contributed by atoms with Crippen molar-refractivity contribution in [2.75, 3.05) is 5.75 Å². The van der Waals surface area contributed by atoms with Crippen molar-refractivity contribution >= 4 is 28.6 Å². The fraction of sp³-hybridized carbons (Fsp3) is 0.120. The molecule has 0 atom stereocenters. The monoisotopic (exact) mass is 473 g/mol. The number of hydrogen-bond acceptors (Lipinski definition) is 5. The fourth-order valence-electron chi connectivity index (χ4n) is 4.03. The number of benzene rings is 2. The molecular weight excluding hydrogens is 453 g/mol. The third-order valence-electron chi connectivity index (χ3n) is 5.62. The molecule has 5 aromatic rings. The van der Waals surface area contributed by atoms with E-state index >= 15 is 0 Å². The van der Waals surface area contributed by atoms with E-state index in [-0.39, 0.29) is 22.9 Å². The van der Waals surface area contributed by atoms with Crippen LogP contribution in [-0.2, 0) is 0 Å². The first-order valence-electron chi connectivity index (χ1n) is 10.6. The summed E-state index contributed by atoms with van der Waals surface area (Å²) in [5, 5.41) is 7.41. The van der Waals surface area contributed by atoms with Crippen LogP contribution in [0, 0.1) is 19.7 Å². The Hall–Kier alpha value is -3.98. The second-order valence-electron chi connectivity index (χ2n) is 7.79. The predicted octanol–water partition coefficient (Wildman–Crippen LogP) is 4.63. The number of fused-ring (bicyclic) bond motifs is 1. The van der Waals surface area contributed by atoms with E-state index in [0.717, 1.165) is 5.69 Å². The molecule has 34 heavy (non-hydrogen) atoms. The predicted molar refractivity (Wildman–Crippen MR) is 130 cm³/mol. The Bertz CT molecular complexity index is 1590. The number of H-pyrrole nitrogens is 1. The summed E-state index contributed by atoms with van der Waals surface area (Å²) in [5.41, 5.74) is 3.07. The first-order valence-corrected chi connectivity index (χ1v) is 11.6. The summed E-state index contributed by atoms with van der Waals surface area (Å²) in [6.07, 6.45) is 1.45. The van der Waals surface area contributed by atoms with Crippen molar-refractivity contribution in [2.24, 2.45) is 0 Å². The number of carbonyl (C=O) groups is 1. The molecule has 9 heteroatoms. The average molecular weight is 474 g/mol. The van der Waals surface area contributed by atoms with Gasteiger partial charge in [0.1, 0.15) is 11.2 Å². The van der Waals surface area contributed by atoms with Crippen molar-refractivity contribution in [1.82, 2.24) is 24.3 Å². The number of nitrogens with zero attached hydrogens (tertiary/aromatic N) is 4. The summed E-state index contributed by atoms with van der Waals surface area (Å²) in [7, 11) is 0. The van der Waals surface area contributed by atoms with Gasteiger partial charge in [0.05, 0.1) is 23.3 Å². The molecule has 0 unspecified atom stereocenters. The Labute approximate surface area is 198 Å². The summed E-state index contributed by atoms with van der Waals surface area (Å²) in [6, 6.07) is 17.4. The first kappa shape index (κ1) is 21.8. The lowest BCUT2D eigenvalue weighted by Crippen LogP contribution is -2.21. The summed E-state index contributed by atoms with van der Waals surface area (Å²) >= 11 is 1.17. The van der Waals surface area contributed by atoms with Crippen LogP contribution in [-0.4, -0.2) is 35.9 Å². The molecule has 0 fully saturated rings. The molecule has 0 aliphatic carbocycles. The summed E-state index contributed by atoms with van der Waals surface area (Å²) < 4.78 is 17.6. The zero-order valence-corrected chi connectivity index (χ0v) is 19.3. The number of thioether (sulfide) groups is 1. The van der Waals surface area contributed by atoms with E-state index in [9.17, 15) is 14.0 Å². The minimum Gasteiger partial charge on any atom is -0.315 e. The molecule has 0 saturated heterocycles. The van der Waals surface area contributed by atoms with E-state index in [1.54, 1.807) is 35.8 Å². The van der Waals surface area contributed by atoms with E-state index in [1.165, 1.54) is 28.6 Å². The SMILES string of the molecule is Cc1cc(C(=O)CSc2nc3[nH]ncc3c(=O)n2-c2ccccc2)c(C)n1-c1ccccc1F. The molecule has 0 radical (unpaired) electrons. The van der Waals surface area contributed by atoms with Crippen LogP contribution < -0.4 is 5.56 Å². The van der Waals surface area contributed by atoms with Gasteiger partial charge in [0.15, 0.2) is 16.6 Å². The highest BCUT2D eigenvalue weighted by molar-refractivity contribution is 7.99. The highest BCUT2D eigenvalue weighted by Gasteiger charge is 2.20. The number of aryl methyl sites for hydroxylation is 1. The molecule has 170 valence electrons. The second kappa shape index (κ2) is 8.75. The van der Waals surface area contributed by atoms with Gasteiger partial charge in [0, 0.05) is 17.0 Å². The van der Waals surface area contributed by atoms with Crippen molar-refractivity contribution in [3.05, 3.63) is 100.0 Å². The third-order valence-corrected chi connectivity index (χ3v) is 6.56. The number of Topliss-reactive ketones (excluding diaryl/α,β-unsaturated/α-hetero) is 1. The molecule has 0 aliphatic rings. The summed E-state index contributed by atoms with van der Waals surface area (Å²) in [5.74, 6) is -0.443. The van der Waals surface area contributed by atoms with E-state index < -0.39 is 0 Å². The zero-order valence-electron chi connectivity index (χ0n) is 18.4. The Morgan fingerprint density at radius 1 is 1.06 bits per heavy atom. The molecule has 1 N–H and O–H groups in total. The van der Waals surface area contributed by atoms with E-state index in [2.05, 4.69) is 15.2 Å². The molecular formula is C25H20FN5O2S. The zero-order chi connectivity index (χ0) is 23.8. The number of rotatable bonds is 6. The molecule has 0 saturated carbocycles. The molecule has 0 aliphatic heterocycles. The normalized spacial score (nSPS) is 11.3. The number of carbonyl (C=O) groups excluding carboxylic acids is 1. The van der Waals surface area contributed by atoms with Gasteiger partial charge in [-0.25, -0.2) is 9.37 Å². The highest BCUT2D eigenvalue weighted by Crippen LogP contribution is 2.26. The number of ketones is 1. The molecule has 3 aromatic heterocycles. The highest BCUT2D eigenvalue weighted by atomic mass is 32.2. The number of aromatic amines is 1. The Morgan fingerprint density at radius 3 is 2.56 bits per heavy atom. The largest absolute Gasteiger partial charge is 0.315 e. The first-order chi connectivity index (χ1) is 16.5. The van der Waals surface area contributed by atoms with Gasteiger partial charge in [-0.05, 0) is 44.2 Å². The van der Waals surface area contributed by atoms with Crippen molar-refractivity contribution in [3.63, 3.8) is 0 Å². The maximum atomic E-state index is 14.4. The lowest BCUT2D eigenvalue weighted by molar-refractivity contribution is 0.102. The topological polar surface area (TPSA) is 85.6 Å². The van der Waals surface area contributed by atoms with Crippen LogP contribution in [0.5, 0.6) is 0 Å². The third kappa shape index (κ3) is 3.73. The van der Waals surface area contributed by atoms with E-state index in [4.69, 9.17) is 0 Å². The van der Waals surface area contributed by atoms with Gasteiger partial charge in [-0.1, -0.05) is 42.1 Å². The van der Waals surface area contributed by atoms with Gasteiger partial charge >= 0.3 is 0 Å². The quantitative estimate of drug-likeness (QED) is 0.221. The van der Waals surface area contributed by atoms with Crippen LogP contribution in [0.4, 0.5) is 4.39 Å². The Balaban J connectivity index is 1.49. The molecule has 2 aromatic carbocycles. The minimum atomic E-state index is -0.360. The summed E-state index contributed by atoms with van der Waals surface area (Å²) in [6.45, 7) is 3.64. The van der Waals surface area contributed by atoms with Crippen LogP contribution in [0.25, 0.3) is 22.4 Å². The van der Waals surface area contributed by atoms with E-state index in [0.29, 0.717) is 38.8 Å². The Kier molecular flexibility index (Phi) is 5.62. The standard InChI is InChI=1S/C25H20FN5O2S/c1-15-12-18(16(2)30(15)21-11-7-6-10-20(21)26)22(32)14-34-25-28-23-19(13-27-29-23)24(33)31(25)17-8-4-3-5-9-17/h3-13H,14H2,1-2H3,(H,27,29). The minimum absolute atomic E-state index is 0.0560. The van der Waals surface area contributed by atoms with Gasteiger partial charge in [0.25, 0.3) is 5.56 Å². The van der Waals surface area contributed by atoms with Crippen molar-refractivity contribution in [2.45, 2.75) is 19.0 Å². The molecule has 0 spiro atoms. The lowest BCUT2D eigenvalue weighted by Gasteiger charge is -2.12.